The molecule has 1 unspecified atom stereocenters. The van der Waals surface area contributed by atoms with Crippen molar-refractivity contribution in [3.05, 3.63) is 57.4 Å². The van der Waals surface area contributed by atoms with Crippen LogP contribution < -0.4 is 15.8 Å². The number of fused-ring (bicyclic) bond motifs is 1. The monoisotopic (exact) mass is 286 g/mol. The summed E-state index contributed by atoms with van der Waals surface area (Å²) < 4.78 is 10.4. The maximum Gasteiger partial charge on any atom is 0.337 e. The number of rotatable bonds is 3. The van der Waals surface area contributed by atoms with E-state index >= 15 is 0 Å². The van der Waals surface area contributed by atoms with Crippen molar-refractivity contribution >= 4 is 5.88 Å². The Morgan fingerprint density at radius 2 is 2.05 bits per heavy atom. The summed E-state index contributed by atoms with van der Waals surface area (Å²) in [5, 5.41) is 2.06. The molecule has 1 N–H and O–H groups in total. The minimum absolute atomic E-state index is 0.145. The molecule has 0 fully saturated rings. The molecule has 21 heavy (non-hydrogen) atoms. The van der Waals surface area contributed by atoms with Gasteiger partial charge in [0.1, 0.15) is 5.75 Å². The molecule has 1 aliphatic rings. The van der Waals surface area contributed by atoms with Gasteiger partial charge in [0.25, 0.3) is 0 Å². The fraction of sp³-hybridized carbons (Fsp3) is 0.312. The Labute approximate surface area is 123 Å². The summed E-state index contributed by atoms with van der Waals surface area (Å²) in [5.41, 5.74) is 6.01. The summed E-state index contributed by atoms with van der Waals surface area (Å²) in [7, 11) is 1.65. The van der Waals surface area contributed by atoms with Crippen LogP contribution in [-0.4, -0.2) is 12.1 Å². The van der Waals surface area contributed by atoms with Crippen molar-refractivity contribution in [2.45, 2.75) is 26.4 Å². The lowest BCUT2D eigenvalue weighted by Crippen LogP contribution is -2.26. The van der Waals surface area contributed by atoms with Gasteiger partial charge in [-0.1, -0.05) is 12.1 Å². The molecule has 5 heteroatoms. The van der Waals surface area contributed by atoms with Crippen molar-refractivity contribution < 1.29 is 9.15 Å². The number of hydrogen-bond donors (Lipinski definition) is 1. The molecule has 1 aliphatic heterocycles. The van der Waals surface area contributed by atoms with Gasteiger partial charge < -0.3 is 9.15 Å². The van der Waals surface area contributed by atoms with Crippen LogP contribution in [0, 0.1) is 6.92 Å². The molecular formula is C16H18N2O3. The molecule has 1 aromatic carbocycles. The van der Waals surface area contributed by atoms with Gasteiger partial charge >= 0.3 is 5.63 Å². The van der Waals surface area contributed by atoms with E-state index in [0.29, 0.717) is 12.4 Å². The third-order valence-electron chi connectivity index (χ3n) is 3.85. The minimum atomic E-state index is -0.322. The number of hydrogen-bond acceptors (Lipinski definition) is 5. The van der Waals surface area contributed by atoms with Crippen LogP contribution in [0.15, 0.2) is 39.5 Å². The molecule has 2 aromatic rings. The quantitative estimate of drug-likeness (QED) is 0.940. The van der Waals surface area contributed by atoms with E-state index in [4.69, 9.17) is 9.15 Å². The molecule has 0 aliphatic carbocycles. The number of hydrazine groups is 1. The molecule has 0 saturated heterocycles. The summed E-state index contributed by atoms with van der Waals surface area (Å²) in [4.78, 5) is 11.5. The molecule has 0 radical (unpaired) electrons. The third-order valence-corrected chi connectivity index (χ3v) is 3.85. The zero-order valence-corrected chi connectivity index (χ0v) is 12.3. The van der Waals surface area contributed by atoms with Crippen molar-refractivity contribution in [1.82, 2.24) is 5.01 Å². The molecule has 0 saturated carbocycles. The highest BCUT2D eigenvalue weighted by molar-refractivity contribution is 5.50. The summed E-state index contributed by atoms with van der Waals surface area (Å²) in [6.45, 7) is 4.74. The van der Waals surface area contributed by atoms with E-state index in [2.05, 4.69) is 17.4 Å². The van der Waals surface area contributed by atoms with Gasteiger partial charge in [0.2, 0.25) is 5.88 Å². The van der Waals surface area contributed by atoms with Crippen LogP contribution >= 0.6 is 0 Å². The third kappa shape index (κ3) is 2.52. The van der Waals surface area contributed by atoms with Gasteiger partial charge in [0.05, 0.1) is 13.2 Å². The van der Waals surface area contributed by atoms with Crippen LogP contribution in [-0.2, 0) is 6.54 Å². The summed E-state index contributed by atoms with van der Waals surface area (Å²) in [5.74, 6) is 1.40. The largest absolute Gasteiger partial charge is 0.497 e. The fourth-order valence-electron chi connectivity index (χ4n) is 2.71. The van der Waals surface area contributed by atoms with E-state index in [9.17, 15) is 4.79 Å². The van der Waals surface area contributed by atoms with Gasteiger partial charge in [-0.2, -0.15) is 0 Å². The van der Waals surface area contributed by atoms with Gasteiger partial charge in [-0.05, 0) is 37.1 Å². The predicted molar refractivity (Wildman–Crippen MR) is 80.3 cm³/mol. The maximum absolute atomic E-state index is 11.5. The first-order valence-corrected chi connectivity index (χ1v) is 6.89. The molecule has 1 aromatic heterocycles. The van der Waals surface area contributed by atoms with Crippen molar-refractivity contribution in [1.29, 1.82) is 0 Å². The van der Waals surface area contributed by atoms with Gasteiger partial charge in [-0.15, -0.1) is 0 Å². The highest BCUT2D eigenvalue weighted by Gasteiger charge is 2.30. The van der Waals surface area contributed by atoms with Crippen LogP contribution in [0.3, 0.4) is 0 Å². The average Bonchev–Trinajstić information content (AvgIpc) is 2.76. The Kier molecular flexibility index (Phi) is 3.43. The number of aryl methyl sites for hydroxylation is 1. The van der Waals surface area contributed by atoms with Gasteiger partial charge in [-0.3, -0.25) is 5.43 Å². The number of nitrogens with one attached hydrogen (secondary N) is 1. The maximum atomic E-state index is 11.5. The van der Waals surface area contributed by atoms with E-state index in [-0.39, 0.29) is 11.7 Å². The summed E-state index contributed by atoms with van der Waals surface area (Å²) in [6.07, 6.45) is 0. The second kappa shape index (κ2) is 5.26. The first kappa shape index (κ1) is 13.7. The number of nitrogens with zero attached hydrogens (tertiary/aromatic N) is 1. The molecule has 110 valence electrons. The smallest absolute Gasteiger partial charge is 0.337 e. The van der Waals surface area contributed by atoms with Crippen molar-refractivity contribution in [3.63, 3.8) is 0 Å². The highest BCUT2D eigenvalue weighted by Crippen LogP contribution is 2.36. The molecule has 0 spiro atoms. The van der Waals surface area contributed by atoms with Crippen molar-refractivity contribution in [3.8, 4) is 5.75 Å². The summed E-state index contributed by atoms with van der Waals surface area (Å²) >= 11 is 0. The van der Waals surface area contributed by atoms with Gasteiger partial charge in [0, 0.05) is 18.2 Å². The molecule has 0 amide bonds. The van der Waals surface area contributed by atoms with E-state index < -0.39 is 0 Å². The zero-order valence-electron chi connectivity index (χ0n) is 12.3. The van der Waals surface area contributed by atoms with E-state index in [1.165, 1.54) is 6.07 Å². The topological polar surface area (TPSA) is 54.7 Å². The number of anilines is 1. The van der Waals surface area contributed by atoms with Gasteiger partial charge in [-0.25, -0.2) is 9.80 Å². The Hall–Kier alpha value is -2.27. The van der Waals surface area contributed by atoms with Crippen molar-refractivity contribution in [2.75, 3.05) is 12.5 Å². The Morgan fingerprint density at radius 3 is 2.71 bits per heavy atom. The molecule has 0 bridgehead atoms. The first-order chi connectivity index (χ1) is 10.1. The number of ether oxygens (including phenoxy) is 1. The van der Waals surface area contributed by atoms with Crippen LogP contribution in [0.2, 0.25) is 0 Å². The zero-order chi connectivity index (χ0) is 15.0. The van der Waals surface area contributed by atoms with Crippen LogP contribution in [0.1, 0.15) is 29.7 Å². The number of benzene rings is 1. The highest BCUT2D eigenvalue weighted by atomic mass is 16.5. The minimum Gasteiger partial charge on any atom is -0.497 e. The second-order valence-corrected chi connectivity index (χ2v) is 5.26. The molecule has 2 heterocycles. The van der Waals surface area contributed by atoms with Crippen LogP contribution in [0.5, 0.6) is 5.75 Å². The molecular weight excluding hydrogens is 268 g/mol. The molecule has 1 atom stereocenters. The summed E-state index contributed by atoms with van der Waals surface area (Å²) in [6, 6.07) is 9.61. The Morgan fingerprint density at radius 1 is 1.33 bits per heavy atom. The van der Waals surface area contributed by atoms with E-state index in [1.807, 2.05) is 31.2 Å². The lowest BCUT2D eigenvalue weighted by molar-refractivity contribution is 0.267. The standard InChI is InChI=1S/C16H18N2O3/c1-10-8-14(19)21-16-15(10)11(2)18(17-16)9-12-4-6-13(20-3)7-5-12/h4-8,11,17H,9H2,1-3H3. The molecule has 5 nitrogen and oxygen atoms in total. The predicted octanol–water partition coefficient (Wildman–Crippen LogP) is 2.86. The van der Waals surface area contributed by atoms with Crippen LogP contribution in [0.4, 0.5) is 5.88 Å². The lowest BCUT2D eigenvalue weighted by Gasteiger charge is -2.21. The normalized spacial score (nSPS) is 17.4. The molecule has 3 rings (SSSR count). The first-order valence-electron chi connectivity index (χ1n) is 6.89. The Bertz CT molecular complexity index is 706. The lowest BCUT2D eigenvalue weighted by atomic mass is 10.1. The Balaban J connectivity index is 1.82. The van der Waals surface area contributed by atoms with Crippen molar-refractivity contribution in [2.24, 2.45) is 0 Å². The number of methoxy groups -OCH3 is 1. The second-order valence-electron chi connectivity index (χ2n) is 5.26. The average molecular weight is 286 g/mol. The van der Waals surface area contributed by atoms with E-state index in [0.717, 1.165) is 22.4 Å². The van der Waals surface area contributed by atoms with Crippen LogP contribution in [0.25, 0.3) is 0 Å². The SMILES string of the molecule is COc1ccc(CN2Nc3oc(=O)cc(C)c3C2C)cc1. The van der Waals surface area contributed by atoms with Gasteiger partial charge in [0.15, 0.2) is 0 Å². The fourth-order valence-corrected chi connectivity index (χ4v) is 2.71. The van der Waals surface area contributed by atoms with E-state index in [1.54, 1.807) is 7.11 Å².